The van der Waals surface area contributed by atoms with E-state index in [2.05, 4.69) is 21.4 Å². The molecule has 0 saturated heterocycles. The first kappa shape index (κ1) is 14.3. The first-order valence-electron chi connectivity index (χ1n) is 6.17. The molecule has 0 unspecified atom stereocenters. The average Bonchev–Trinajstić information content (AvgIpc) is 2.88. The number of halogens is 2. The minimum atomic E-state index is -0.515. The molecule has 104 valence electrons. The van der Waals surface area contributed by atoms with Crippen molar-refractivity contribution in [3.63, 3.8) is 0 Å². The molecule has 1 N–H and O–H groups in total. The number of carbonyl (C=O) groups excluding carboxylic acids is 1. The van der Waals surface area contributed by atoms with Crippen molar-refractivity contribution in [2.24, 2.45) is 0 Å². The maximum atomic E-state index is 13.4. The zero-order valence-corrected chi connectivity index (χ0v) is 11.9. The highest BCUT2D eigenvalue weighted by atomic mass is 79.9. The van der Waals surface area contributed by atoms with Gasteiger partial charge in [-0.05, 0) is 31.0 Å². The lowest BCUT2D eigenvalue weighted by Gasteiger charge is -2.12. The van der Waals surface area contributed by atoms with E-state index in [1.54, 1.807) is 6.07 Å². The van der Waals surface area contributed by atoms with Crippen molar-refractivity contribution in [1.82, 2.24) is 5.48 Å². The van der Waals surface area contributed by atoms with Crippen molar-refractivity contribution in [2.75, 3.05) is 6.61 Å². The van der Waals surface area contributed by atoms with Crippen LogP contribution in [0.5, 0.6) is 5.75 Å². The molecule has 0 spiro atoms. The summed E-state index contributed by atoms with van der Waals surface area (Å²) >= 11 is 3.14. The van der Waals surface area contributed by atoms with E-state index in [0.717, 1.165) is 25.7 Å². The van der Waals surface area contributed by atoms with Crippen molar-refractivity contribution < 1.29 is 18.8 Å². The van der Waals surface area contributed by atoms with Crippen LogP contribution >= 0.6 is 15.9 Å². The summed E-state index contributed by atoms with van der Waals surface area (Å²) in [5, 5.41) is 0. The average molecular weight is 332 g/mol. The molecule has 1 fully saturated rings. The Morgan fingerprint density at radius 3 is 2.84 bits per heavy atom. The van der Waals surface area contributed by atoms with E-state index in [-0.39, 0.29) is 18.5 Å². The van der Waals surface area contributed by atoms with Crippen LogP contribution < -0.4 is 10.2 Å². The lowest BCUT2D eigenvalue weighted by atomic mass is 10.3. The standard InChI is InChI=1S/C13H15BrFNO3/c14-9-5-6-12(11(15)7-9)18-8-13(17)16-19-10-3-1-2-4-10/h5-7,10H,1-4,8H2,(H,16,17). The molecule has 1 aromatic carbocycles. The highest BCUT2D eigenvalue weighted by Gasteiger charge is 2.17. The van der Waals surface area contributed by atoms with Gasteiger partial charge in [0.2, 0.25) is 0 Å². The van der Waals surface area contributed by atoms with Gasteiger partial charge in [-0.2, -0.15) is 0 Å². The van der Waals surface area contributed by atoms with E-state index in [1.807, 2.05) is 0 Å². The molecule has 1 aliphatic rings. The van der Waals surface area contributed by atoms with Gasteiger partial charge < -0.3 is 4.74 Å². The van der Waals surface area contributed by atoms with Crippen LogP contribution in [0, 0.1) is 5.82 Å². The molecule has 0 aromatic heterocycles. The third-order valence-electron chi connectivity index (χ3n) is 2.89. The third-order valence-corrected chi connectivity index (χ3v) is 3.39. The number of hydroxylamine groups is 1. The van der Waals surface area contributed by atoms with Gasteiger partial charge in [-0.1, -0.05) is 28.8 Å². The van der Waals surface area contributed by atoms with Gasteiger partial charge in [-0.25, -0.2) is 9.87 Å². The van der Waals surface area contributed by atoms with Crippen LogP contribution in [0.15, 0.2) is 22.7 Å². The SMILES string of the molecule is O=C(COc1ccc(Br)cc1F)NOC1CCCC1. The van der Waals surface area contributed by atoms with Gasteiger partial charge in [-0.15, -0.1) is 0 Å². The molecule has 2 rings (SSSR count). The summed E-state index contributed by atoms with van der Waals surface area (Å²) in [6.45, 7) is -0.273. The third kappa shape index (κ3) is 4.47. The second kappa shape index (κ2) is 6.86. The van der Waals surface area contributed by atoms with Crippen LogP contribution in [-0.4, -0.2) is 18.6 Å². The molecular weight excluding hydrogens is 317 g/mol. The lowest BCUT2D eigenvalue weighted by molar-refractivity contribution is -0.140. The molecule has 0 bridgehead atoms. The number of ether oxygens (including phenoxy) is 1. The molecule has 1 aromatic rings. The molecule has 0 heterocycles. The van der Waals surface area contributed by atoms with Crippen molar-refractivity contribution in [3.05, 3.63) is 28.5 Å². The van der Waals surface area contributed by atoms with Crippen LogP contribution in [0.1, 0.15) is 25.7 Å². The summed E-state index contributed by atoms with van der Waals surface area (Å²) in [4.78, 5) is 16.7. The molecule has 1 saturated carbocycles. The summed E-state index contributed by atoms with van der Waals surface area (Å²) < 4.78 is 19.1. The zero-order valence-electron chi connectivity index (χ0n) is 10.3. The summed E-state index contributed by atoms with van der Waals surface area (Å²) in [5.74, 6) is -0.896. The largest absolute Gasteiger partial charge is 0.481 e. The Bertz CT molecular complexity index is 450. The second-order valence-electron chi connectivity index (χ2n) is 4.41. The van der Waals surface area contributed by atoms with Gasteiger partial charge in [-0.3, -0.25) is 9.63 Å². The van der Waals surface area contributed by atoms with Crippen LogP contribution in [0.4, 0.5) is 4.39 Å². The molecule has 6 heteroatoms. The molecule has 0 aliphatic heterocycles. The highest BCUT2D eigenvalue weighted by molar-refractivity contribution is 9.10. The number of benzene rings is 1. The van der Waals surface area contributed by atoms with E-state index >= 15 is 0 Å². The molecule has 19 heavy (non-hydrogen) atoms. The van der Waals surface area contributed by atoms with E-state index in [4.69, 9.17) is 9.57 Å². The van der Waals surface area contributed by atoms with Crippen molar-refractivity contribution in [3.8, 4) is 5.75 Å². The molecular formula is C13H15BrFNO3. The first-order valence-corrected chi connectivity index (χ1v) is 6.97. The Morgan fingerprint density at radius 1 is 1.42 bits per heavy atom. The highest BCUT2D eigenvalue weighted by Crippen LogP contribution is 2.21. The number of rotatable bonds is 5. The van der Waals surface area contributed by atoms with Gasteiger partial charge in [0.1, 0.15) is 0 Å². The van der Waals surface area contributed by atoms with Gasteiger partial charge >= 0.3 is 0 Å². The maximum absolute atomic E-state index is 13.4. The van der Waals surface area contributed by atoms with Crippen molar-refractivity contribution in [1.29, 1.82) is 0 Å². The number of nitrogens with one attached hydrogen (secondary N) is 1. The maximum Gasteiger partial charge on any atom is 0.281 e. The number of hydrogen-bond acceptors (Lipinski definition) is 3. The predicted molar refractivity (Wildman–Crippen MR) is 71.1 cm³/mol. The van der Waals surface area contributed by atoms with E-state index < -0.39 is 11.7 Å². The van der Waals surface area contributed by atoms with Crippen LogP contribution in [0.3, 0.4) is 0 Å². The van der Waals surface area contributed by atoms with Gasteiger partial charge in [0.15, 0.2) is 18.2 Å². The zero-order chi connectivity index (χ0) is 13.7. The smallest absolute Gasteiger partial charge is 0.281 e. The van der Waals surface area contributed by atoms with E-state index in [1.165, 1.54) is 12.1 Å². The second-order valence-corrected chi connectivity index (χ2v) is 5.33. The van der Waals surface area contributed by atoms with Crippen LogP contribution in [0.2, 0.25) is 0 Å². The molecule has 0 atom stereocenters. The number of carbonyl (C=O) groups is 1. The van der Waals surface area contributed by atoms with Gasteiger partial charge in [0.25, 0.3) is 5.91 Å². The lowest BCUT2D eigenvalue weighted by Crippen LogP contribution is -2.32. The Labute approximate surface area is 119 Å². The Morgan fingerprint density at radius 2 is 2.16 bits per heavy atom. The normalized spacial score (nSPS) is 15.5. The molecule has 0 radical (unpaired) electrons. The van der Waals surface area contributed by atoms with Crippen LogP contribution in [-0.2, 0) is 9.63 Å². The summed E-state index contributed by atoms with van der Waals surface area (Å²) in [5.41, 5.74) is 2.33. The Balaban J connectivity index is 1.73. The topological polar surface area (TPSA) is 47.6 Å². The molecule has 4 nitrogen and oxygen atoms in total. The fraction of sp³-hybridized carbons (Fsp3) is 0.462. The molecule has 1 aliphatic carbocycles. The fourth-order valence-corrected chi connectivity index (χ4v) is 2.25. The summed E-state index contributed by atoms with van der Waals surface area (Å²) in [6, 6.07) is 4.39. The van der Waals surface area contributed by atoms with E-state index in [9.17, 15) is 9.18 Å². The first-order chi connectivity index (χ1) is 9.15. The Kier molecular flexibility index (Phi) is 5.15. The Hall–Kier alpha value is -1.14. The quantitative estimate of drug-likeness (QED) is 0.844. The molecule has 1 amide bonds. The predicted octanol–water partition coefficient (Wildman–Crippen LogP) is 2.96. The van der Waals surface area contributed by atoms with Crippen molar-refractivity contribution >= 4 is 21.8 Å². The number of amides is 1. The fourth-order valence-electron chi connectivity index (χ4n) is 1.92. The van der Waals surface area contributed by atoms with Gasteiger partial charge in [0, 0.05) is 4.47 Å². The number of hydrogen-bond donors (Lipinski definition) is 1. The summed E-state index contributed by atoms with van der Waals surface area (Å²) in [7, 11) is 0. The van der Waals surface area contributed by atoms with Crippen molar-refractivity contribution in [2.45, 2.75) is 31.8 Å². The summed E-state index contributed by atoms with van der Waals surface area (Å²) in [6.07, 6.45) is 4.26. The van der Waals surface area contributed by atoms with E-state index in [0.29, 0.717) is 4.47 Å². The minimum absolute atomic E-state index is 0.0409. The monoisotopic (exact) mass is 331 g/mol. The minimum Gasteiger partial charge on any atom is -0.481 e. The van der Waals surface area contributed by atoms with Gasteiger partial charge in [0.05, 0.1) is 6.10 Å². The van der Waals surface area contributed by atoms with Crippen LogP contribution in [0.25, 0.3) is 0 Å².